The molecule has 0 aliphatic rings. The third-order valence-corrected chi connectivity index (χ3v) is 2.40. The minimum Gasteiger partial charge on any atom is -0.480 e. The van der Waals surface area contributed by atoms with Crippen LogP contribution in [0.25, 0.3) is 5.69 Å². The predicted octanol–water partition coefficient (Wildman–Crippen LogP) is 0.222. The van der Waals surface area contributed by atoms with Crippen LogP contribution in [0.5, 0.6) is 0 Å². The molecule has 6 nitrogen and oxygen atoms in total. The van der Waals surface area contributed by atoms with Gasteiger partial charge in [-0.1, -0.05) is 17.3 Å². The van der Waals surface area contributed by atoms with Crippen LogP contribution in [0.15, 0.2) is 36.7 Å². The number of hydrogen-bond donors (Lipinski definition) is 2. The molecule has 2 rings (SSSR count). The van der Waals surface area contributed by atoms with Gasteiger partial charge in [0.05, 0.1) is 18.1 Å². The molecule has 3 N–H and O–H groups in total. The second kappa shape index (κ2) is 4.75. The van der Waals surface area contributed by atoms with E-state index in [2.05, 4.69) is 10.3 Å². The molecule has 0 saturated heterocycles. The maximum atomic E-state index is 10.6. The van der Waals surface area contributed by atoms with Crippen LogP contribution in [0.1, 0.15) is 5.56 Å². The Morgan fingerprint density at radius 3 is 2.65 bits per heavy atom. The van der Waals surface area contributed by atoms with E-state index in [4.69, 9.17) is 10.8 Å². The van der Waals surface area contributed by atoms with Crippen molar-refractivity contribution in [1.29, 1.82) is 0 Å². The van der Waals surface area contributed by atoms with Crippen LogP contribution in [0.3, 0.4) is 0 Å². The average Bonchev–Trinajstić information content (AvgIpc) is 2.83. The van der Waals surface area contributed by atoms with Crippen molar-refractivity contribution in [3.8, 4) is 5.69 Å². The van der Waals surface area contributed by atoms with Gasteiger partial charge in [0, 0.05) is 0 Å². The fourth-order valence-corrected chi connectivity index (χ4v) is 1.47. The number of nitrogens with zero attached hydrogens (tertiary/aromatic N) is 3. The van der Waals surface area contributed by atoms with E-state index < -0.39 is 12.0 Å². The van der Waals surface area contributed by atoms with E-state index in [9.17, 15) is 4.79 Å². The Morgan fingerprint density at radius 1 is 1.41 bits per heavy atom. The van der Waals surface area contributed by atoms with Crippen LogP contribution in [-0.2, 0) is 11.2 Å². The number of carboxylic acids is 1. The highest BCUT2D eigenvalue weighted by Crippen LogP contribution is 2.09. The van der Waals surface area contributed by atoms with E-state index in [1.807, 2.05) is 24.3 Å². The first-order valence-corrected chi connectivity index (χ1v) is 5.11. The number of aromatic nitrogens is 3. The van der Waals surface area contributed by atoms with Crippen LogP contribution in [-0.4, -0.2) is 32.1 Å². The molecule has 1 aromatic carbocycles. The lowest BCUT2D eigenvalue weighted by atomic mass is 10.1. The summed E-state index contributed by atoms with van der Waals surface area (Å²) < 4.78 is 1.63. The molecule has 0 saturated carbocycles. The van der Waals surface area contributed by atoms with E-state index >= 15 is 0 Å². The van der Waals surface area contributed by atoms with Crippen molar-refractivity contribution in [2.75, 3.05) is 0 Å². The maximum absolute atomic E-state index is 10.6. The summed E-state index contributed by atoms with van der Waals surface area (Å²) in [5.41, 5.74) is 7.20. The van der Waals surface area contributed by atoms with E-state index in [1.165, 1.54) is 0 Å². The minimum atomic E-state index is -0.995. The molecule has 2 aromatic rings. The summed E-state index contributed by atoms with van der Waals surface area (Å²) in [7, 11) is 0. The lowest BCUT2D eigenvalue weighted by molar-refractivity contribution is -0.138. The monoisotopic (exact) mass is 232 g/mol. The number of aliphatic carboxylic acids is 1. The fourth-order valence-electron chi connectivity index (χ4n) is 1.47. The summed E-state index contributed by atoms with van der Waals surface area (Å²) in [5.74, 6) is -0.995. The summed E-state index contributed by atoms with van der Waals surface area (Å²) >= 11 is 0. The molecule has 0 bridgehead atoms. The average molecular weight is 232 g/mol. The Balaban J connectivity index is 2.11. The molecule has 0 spiro atoms. The van der Waals surface area contributed by atoms with Gasteiger partial charge in [0.2, 0.25) is 0 Å². The van der Waals surface area contributed by atoms with E-state index in [1.54, 1.807) is 17.1 Å². The van der Waals surface area contributed by atoms with Crippen molar-refractivity contribution in [2.45, 2.75) is 12.5 Å². The van der Waals surface area contributed by atoms with Crippen molar-refractivity contribution in [3.05, 3.63) is 42.2 Å². The number of hydrogen-bond acceptors (Lipinski definition) is 4. The number of nitrogens with two attached hydrogens (primary N) is 1. The van der Waals surface area contributed by atoms with Crippen molar-refractivity contribution in [2.24, 2.45) is 5.73 Å². The summed E-state index contributed by atoms with van der Waals surface area (Å²) in [6.07, 6.45) is 3.64. The first kappa shape index (κ1) is 11.3. The van der Waals surface area contributed by atoms with Gasteiger partial charge < -0.3 is 10.8 Å². The molecule has 0 amide bonds. The predicted molar refractivity (Wildman–Crippen MR) is 60.7 cm³/mol. The summed E-state index contributed by atoms with van der Waals surface area (Å²) in [6, 6.07) is 6.49. The first-order chi connectivity index (χ1) is 8.16. The second-order valence-electron chi connectivity index (χ2n) is 3.66. The van der Waals surface area contributed by atoms with Crippen molar-refractivity contribution < 1.29 is 9.90 Å². The molecule has 0 aliphatic carbocycles. The quantitative estimate of drug-likeness (QED) is 0.786. The molecular formula is C11H12N4O2. The zero-order valence-electron chi connectivity index (χ0n) is 9.02. The largest absolute Gasteiger partial charge is 0.480 e. The topological polar surface area (TPSA) is 94.0 Å². The second-order valence-corrected chi connectivity index (χ2v) is 3.66. The Labute approximate surface area is 97.7 Å². The fraction of sp³-hybridized carbons (Fsp3) is 0.182. The van der Waals surface area contributed by atoms with Gasteiger partial charge in [-0.2, -0.15) is 0 Å². The normalized spacial score (nSPS) is 12.3. The maximum Gasteiger partial charge on any atom is 0.320 e. The van der Waals surface area contributed by atoms with Gasteiger partial charge in [-0.25, -0.2) is 4.68 Å². The molecule has 17 heavy (non-hydrogen) atoms. The summed E-state index contributed by atoms with van der Waals surface area (Å²) in [4.78, 5) is 10.6. The van der Waals surface area contributed by atoms with Gasteiger partial charge in [-0.15, -0.1) is 5.10 Å². The highest BCUT2D eigenvalue weighted by atomic mass is 16.4. The Kier molecular flexibility index (Phi) is 3.15. The van der Waals surface area contributed by atoms with Crippen LogP contribution in [0, 0.1) is 0 Å². The van der Waals surface area contributed by atoms with Gasteiger partial charge in [0.25, 0.3) is 0 Å². The zero-order valence-corrected chi connectivity index (χ0v) is 9.02. The minimum absolute atomic E-state index is 0.312. The Bertz CT molecular complexity index is 493. The van der Waals surface area contributed by atoms with Crippen LogP contribution in [0.2, 0.25) is 0 Å². The number of rotatable bonds is 4. The molecule has 1 aromatic heterocycles. The summed E-state index contributed by atoms with van der Waals surface area (Å²) in [6.45, 7) is 0. The van der Waals surface area contributed by atoms with Gasteiger partial charge in [0.15, 0.2) is 0 Å². The molecule has 1 atom stereocenters. The molecule has 0 fully saturated rings. The standard InChI is InChI=1S/C11H12N4O2/c12-10(11(16)17)7-8-1-3-9(4-2-8)15-6-5-13-14-15/h1-6,10H,7,12H2,(H,16,17). The molecule has 0 aliphatic heterocycles. The molecule has 1 unspecified atom stereocenters. The third-order valence-electron chi connectivity index (χ3n) is 2.40. The zero-order chi connectivity index (χ0) is 12.3. The lowest BCUT2D eigenvalue weighted by Gasteiger charge is -2.07. The van der Waals surface area contributed by atoms with Crippen molar-refractivity contribution >= 4 is 5.97 Å². The third kappa shape index (κ3) is 2.67. The molecular weight excluding hydrogens is 220 g/mol. The molecule has 88 valence electrons. The van der Waals surface area contributed by atoms with Crippen molar-refractivity contribution in [3.63, 3.8) is 0 Å². The van der Waals surface area contributed by atoms with Crippen LogP contribution >= 0.6 is 0 Å². The van der Waals surface area contributed by atoms with Gasteiger partial charge in [-0.3, -0.25) is 4.79 Å². The molecule has 1 heterocycles. The van der Waals surface area contributed by atoms with Crippen molar-refractivity contribution in [1.82, 2.24) is 15.0 Å². The van der Waals surface area contributed by atoms with E-state index in [0.29, 0.717) is 6.42 Å². The van der Waals surface area contributed by atoms with E-state index in [0.717, 1.165) is 11.3 Å². The number of benzene rings is 1. The van der Waals surface area contributed by atoms with Gasteiger partial charge in [0.1, 0.15) is 6.04 Å². The molecule has 6 heteroatoms. The number of carboxylic acid groups (broad SMARTS) is 1. The highest BCUT2D eigenvalue weighted by Gasteiger charge is 2.11. The first-order valence-electron chi connectivity index (χ1n) is 5.11. The smallest absolute Gasteiger partial charge is 0.320 e. The van der Waals surface area contributed by atoms with Gasteiger partial charge >= 0.3 is 5.97 Å². The van der Waals surface area contributed by atoms with Crippen LogP contribution < -0.4 is 5.73 Å². The SMILES string of the molecule is NC(Cc1ccc(-n2ccnn2)cc1)C(=O)O. The number of carbonyl (C=O) groups is 1. The van der Waals surface area contributed by atoms with E-state index in [-0.39, 0.29) is 0 Å². The van der Waals surface area contributed by atoms with Gasteiger partial charge in [-0.05, 0) is 24.1 Å². The summed E-state index contributed by atoms with van der Waals surface area (Å²) in [5, 5.41) is 16.3. The Morgan fingerprint density at radius 2 is 2.12 bits per heavy atom. The Hall–Kier alpha value is -2.21. The highest BCUT2D eigenvalue weighted by molar-refractivity contribution is 5.73. The van der Waals surface area contributed by atoms with Crippen LogP contribution in [0.4, 0.5) is 0 Å². The lowest BCUT2D eigenvalue weighted by Crippen LogP contribution is -2.32. The molecule has 0 radical (unpaired) electrons.